The van der Waals surface area contributed by atoms with Crippen LogP contribution < -0.4 is 0 Å². The van der Waals surface area contributed by atoms with Crippen molar-refractivity contribution in [3.8, 4) is 0 Å². The number of non-ortho nitro benzene ring substituents is 1. The van der Waals surface area contributed by atoms with Gasteiger partial charge >= 0.3 is 6.18 Å². The molecule has 0 radical (unpaired) electrons. The molecule has 0 aromatic heterocycles. The zero-order valence-electron chi connectivity index (χ0n) is 7.21. The third-order valence-corrected chi connectivity index (χ3v) is 1.99. The van der Waals surface area contributed by atoms with Crippen LogP contribution in [0, 0.1) is 10.1 Å². The topological polar surface area (TPSA) is 43.1 Å². The summed E-state index contributed by atoms with van der Waals surface area (Å²) in [6.07, 6.45) is -5.57. The number of nitrogens with zero attached hydrogens (tertiary/aromatic N) is 1. The monoisotopic (exact) mass is 239 g/mol. The number of halogens is 4. The van der Waals surface area contributed by atoms with Crippen LogP contribution in [0.5, 0.6) is 0 Å². The normalized spacial score (nSPS) is 11.5. The minimum Gasteiger partial charge on any atom is -0.258 e. The van der Waals surface area contributed by atoms with Gasteiger partial charge in [0.2, 0.25) is 0 Å². The van der Waals surface area contributed by atoms with E-state index in [2.05, 4.69) is 0 Å². The molecule has 0 aliphatic carbocycles. The van der Waals surface area contributed by atoms with Gasteiger partial charge in [-0.05, 0) is 5.56 Å². The molecule has 3 nitrogen and oxygen atoms in total. The highest BCUT2D eigenvalue weighted by atomic mass is 35.5. The van der Waals surface area contributed by atoms with E-state index in [9.17, 15) is 23.3 Å². The van der Waals surface area contributed by atoms with Gasteiger partial charge in [0.15, 0.2) is 0 Å². The van der Waals surface area contributed by atoms with Crippen LogP contribution in [0.4, 0.5) is 18.9 Å². The van der Waals surface area contributed by atoms with Crippen molar-refractivity contribution in [2.45, 2.75) is 12.6 Å². The smallest absolute Gasteiger partial charge is 0.258 e. The minimum atomic E-state index is -4.38. The molecular formula is C8H5ClF3NO2. The van der Waals surface area contributed by atoms with E-state index in [1.54, 1.807) is 0 Å². The number of alkyl halides is 3. The lowest BCUT2D eigenvalue weighted by molar-refractivity contribution is -0.384. The van der Waals surface area contributed by atoms with Gasteiger partial charge in [-0.25, -0.2) is 0 Å². The molecular weight excluding hydrogens is 235 g/mol. The first-order chi connectivity index (χ1) is 6.79. The van der Waals surface area contributed by atoms with E-state index < -0.39 is 17.5 Å². The van der Waals surface area contributed by atoms with Crippen LogP contribution in [-0.4, -0.2) is 11.1 Å². The second-order valence-corrected chi connectivity index (χ2v) is 3.23. The van der Waals surface area contributed by atoms with Crippen LogP contribution in [0.15, 0.2) is 18.2 Å². The summed E-state index contributed by atoms with van der Waals surface area (Å²) in [4.78, 5) is 9.56. The van der Waals surface area contributed by atoms with Crippen molar-refractivity contribution in [2.24, 2.45) is 0 Å². The van der Waals surface area contributed by atoms with E-state index in [1.165, 1.54) is 0 Å². The standard InChI is InChI=1S/C8H5ClF3NO2/c9-7-3-6(13(14)15)2-1-5(7)4-8(10,11)12/h1-3H,4H2. The van der Waals surface area contributed by atoms with Gasteiger partial charge in [0.25, 0.3) is 5.69 Å². The molecule has 0 saturated carbocycles. The summed E-state index contributed by atoms with van der Waals surface area (Å²) in [6.45, 7) is 0. The molecule has 0 fully saturated rings. The first kappa shape index (κ1) is 11.8. The Labute approximate surface area is 87.6 Å². The van der Waals surface area contributed by atoms with Gasteiger partial charge in [0, 0.05) is 12.1 Å². The lowest BCUT2D eigenvalue weighted by atomic mass is 10.1. The molecule has 0 saturated heterocycles. The van der Waals surface area contributed by atoms with Crippen molar-refractivity contribution < 1.29 is 18.1 Å². The predicted octanol–water partition coefficient (Wildman–Crippen LogP) is 3.35. The molecule has 15 heavy (non-hydrogen) atoms. The molecule has 1 rings (SSSR count). The number of hydrogen-bond donors (Lipinski definition) is 0. The Kier molecular flexibility index (Phi) is 3.18. The molecule has 1 aromatic carbocycles. The van der Waals surface area contributed by atoms with E-state index in [0.29, 0.717) is 0 Å². The fraction of sp³-hybridized carbons (Fsp3) is 0.250. The van der Waals surface area contributed by atoms with E-state index in [-0.39, 0.29) is 16.3 Å². The number of hydrogen-bond acceptors (Lipinski definition) is 2. The molecule has 0 atom stereocenters. The zero-order valence-corrected chi connectivity index (χ0v) is 7.97. The Morgan fingerprint density at radius 3 is 2.40 bits per heavy atom. The van der Waals surface area contributed by atoms with Crippen molar-refractivity contribution in [2.75, 3.05) is 0 Å². The lowest BCUT2D eigenvalue weighted by Crippen LogP contribution is -2.11. The van der Waals surface area contributed by atoms with Crippen LogP contribution in [-0.2, 0) is 6.42 Å². The van der Waals surface area contributed by atoms with Crippen LogP contribution in [0.1, 0.15) is 5.56 Å². The second-order valence-electron chi connectivity index (χ2n) is 2.82. The summed E-state index contributed by atoms with van der Waals surface area (Å²) in [5, 5.41) is 10.0. The number of nitro groups is 1. The third kappa shape index (κ3) is 3.39. The van der Waals surface area contributed by atoms with Gasteiger partial charge in [-0.15, -0.1) is 0 Å². The van der Waals surface area contributed by atoms with Gasteiger partial charge in [-0.2, -0.15) is 13.2 Å². The fourth-order valence-electron chi connectivity index (χ4n) is 1.01. The van der Waals surface area contributed by atoms with E-state index in [4.69, 9.17) is 11.6 Å². The van der Waals surface area contributed by atoms with Crippen LogP contribution in [0.25, 0.3) is 0 Å². The highest BCUT2D eigenvalue weighted by Crippen LogP contribution is 2.28. The molecule has 0 bridgehead atoms. The van der Waals surface area contributed by atoms with Gasteiger partial charge in [-0.1, -0.05) is 17.7 Å². The summed E-state index contributed by atoms with van der Waals surface area (Å²) in [6, 6.07) is 2.91. The molecule has 0 aliphatic heterocycles. The summed E-state index contributed by atoms with van der Waals surface area (Å²) in [5.41, 5.74) is -0.499. The molecule has 82 valence electrons. The van der Waals surface area contributed by atoms with Gasteiger partial charge in [-0.3, -0.25) is 10.1 Å². The van der Waals surface area contributed by atoms with Crippen molar-refractivity contribution in [1.29, 1.82) is 0 Å². The first-order valence-corrected chi connectivity index (χ1v) is 4.17. The first-order valence-electron chi connectivity index (χ1n) is 3.79. The molecule has 0 aliphatic rings. The Morgan fingerprint density at radius 2 is 2.00 bits per heavy atom. The molecule has 0 amide bonds. The van der Waals surface area contributed by atoms with E-state index in [1.807, 2.05) is 0 Å². The lowest BCUT2D eigenvalue weighted by Gasteiger charge is -2.07. The fourth-order valence-corrected chi connectivity index (χ4v) is 1.25. The summed E-state index contributed by atoms with van der Waals surface area (Å²) in [7, 11) is 0. The van der Waals surface area contributed by atoms with Gasteiger partial charge in [0.1, 0.15) is 0 Å². The van der Waals surface area contributed by atoms with Crippen molar-refractivity contribution >= 4 is 17.3 Å². The maximum Gasteiger partial charge on any atom is 0.393 e. The van der Waals surface area contributed by atoms with Crippen LogP contribution >= 0.6 is 11.6 Å². The van der Waals surface area contributed by atoms with Gasteiger partial charge in [0.05, 0.1) is 16.4 Å². The Balaban J connectivity index is 2.99. The minimum absolute atomic E-state index is 0.172. The quantitative estimate of drug-likeness (QED) is 0.587. The zero-order chi connectivity index (χ0) is 11.6. The van der Waals surface area contributed by atoms with Crippen molar-refractivity contribution in [3.05, 3.63) is 38.9 Å². The molecule has 0 N–H and O–H groups in total. The Hall–Kier alpha value is -1.30. The second kappa shape index (κ2) is 4.06. The maximum absolute atomic E-state index is 12.0. The predicted molar refractivity (Wildman–Crippen MR) is 47.9 cm³/mol. The maximum atomic E-state index is 12.0. The Morgan fingerprint density at radius 1 is 1.40 bits per heavy atom. The molecule has 7 heteroatoms. The Bertz CT molecular complexity index is 392. The SMILES string of the molecule is O=[N+]([O-])c1ccc(CC(F)(F)F)c(Cl)c1. The number of benzene rings is 1. The van der Waals surface area contributed by atoms with Crippen LogP contribution in [0.3, 0.4) is 0 Å². The van der Waals surface area contributed by atoms with E-state index >= 15 is 0 Å². The van der Waals surface area contributed by atoms with Crippen molar-refractivity contribution in [3.63, 3.8) is 0 Å². The summed E-state index contributed by atoms with van der Waals surface area (Å²) in [5.74, 6) is 0. The average molecular weight is 240 g/mol. The molecule has 0 heterocycles. The summed E-state index contributed by atoms with van der Waals surface area (Å²) < 4.78 is 36.0. The van der Waals surface area contributed by atoms with Crippen molar-refractivity contribution in [1.82, 2.24) is 0 Å². The molecule has 1 aromatic rings. The average Bonchev–Trinajstić information content (AvgIpc) is 2.05. The molecule has 0 spiro atoms. The van der Waals surface area contributed by atoms with Gasteiger partial charge < -0.3 is 0 Å². The third-order valence-electron chi connectivity index (χ3n) is 1.64. The summed E-state index contributed by atoms with van der Waals surface area (Å²) >= 11 is 5.48. The number of rotatable bonds is 2. The highest BCUT2D eigenvalue weighted by molar-refractivity contribution is 6.31. The highest BCUT2D eigenvalue weighted by Gasteiger charge is 2.29. The van der Waals surface area contributed by atoms with E-state index in [0.717, 1.165) is 18.2 Å². The van der Waals surface area contributed by atoms with Crippen LogP contribution in [0.2, 0.25) is 5.02 Å². The molecule has 0 unspecified atom stereocenters. The number of nitro benzene ring substituents is 1. The largest absolute Gasteiger partial charge is 0.393 e.